The van der Waals surface area contributed by atoms with Crippen molar-refractivity contribution in [2.24, 2.45) is 5.92 Å². The number of benzene rings is 3. The van der Waals surface area contributed by atoms with Gasteiger partial charge in [0.1, 0.15) is 17.3 Å². The minimum Gasteiger partial charge on any atom is -0.497 e. The number of likely N-dealkylation sites (tertiary alicyclic amines) is 1. The van der Waals surface area contributed by atoms with Gasteiger partial charge in [-0.05, 0) is 48.0 Å². The smallest absolute Gasteiger partial charge is 0.253 e. The first kappa shape index (κ1) is 23.3. The van der Waals surface area contributed by atoms with Crippen molar-refractivity contribution in [3.63, 3.8) is 0 Å². The number of carbonyl (C=O) groups is 2. The third-order valence-electron chi connectivity index (χ3n) is 6.18. The molecule has 6 nitrogen and oxygen atoms in total. The van der Waals surface area contributed by atoms with Crippen molar-refractivity contribution in [2.45, 2.75) is 12.5 Å². The first-order valence-electron chi connectivity index (χ1n) is 11.1. The lowest BCUT2D eigenvalue weighted by atomic mass is 9.87. The highest BCUT2D eigenvalue weighted by atomic mass is 19.1. The summed E-state index contributed by atoms with van der Waals surface area (Å²) in [6.45, 7) is 0.907. The van der Waals surface area contributed by atoms with Gasteiger partial charge in [-0.2, -0.15) is 0 Å². The maximum atomic E-state index is 13.3. The van der Waals surface area contributed by atoms with Crippen LogP contribution in [0.3, 0.4) is 0 Å². The summed E-state index contributed by atoms with van der Waals surface area (Å²) in [5, 5.41) is 2.95. The molecule has 7 heteroatoms. The first-order valence-corrected chi connectivity index (χ1v) is 11.1. The Morgan fingerprint density at radius 2 is 1.71 bits per heavy atom. The van der Waals surface area contributed by atoms with Crippen LogP contribution >= 0.6 is 0 Å². The Labute approximate surface area is 198 Å². The molecule has 34 heavy (non-hydrogen) atoms. The fraction of sp³-hybridized carbons (Fsp3) is 0.259. The fourth-order valence-electron chi connectivity index (χ4n) is 4.37. The molecule has 0 aromatic heterocycles. The van der Waals surface area contributed by atoms with Crippen molar-refractivity contribution in [3.8, 4) is 11.5 Å². The van der Waals surface area contributed by atoms with Crippen LogP contribution in [0.1, 0.15) is 27.4 Å². The van der Waals surface area contributed by atoms with Gasteiger partial charge in [0.15, 0.2) is 0 Å². The van der Waals surface area contributed by atoms with Gasteiger partial charge in [-0.15, -0.1) is 0 Å². The van der Waals surface area contributed by atoms with E-state index in [4.69, 9.17) is 9.47 Å². The summed E-state index contributed by atoms with van der Waals surface area (Å²) in [4.78, 5) is 28.2. The van der Waals surface area contributed by atoms with Gasteiger partial charge in [0.2, 0.25) is 5.91 Å². The summed E-state index contributed by atoms with van der Waals surface area (Å²) in [7, 11) is 3.16. The van der Waals surface area contributed by atoms with E-state index in [9.17, 15) is 14.0 Å². The quantitative estimate of drug-likeness (QED) is 0.576. The highest BCUT2D eigenvalue weighted by Crippen LogP contribution is 2.40. The van der Waals surface area contributed by atoms with Crippen LogP contribution < -0.4 is 14.8 Å². The predicted octanol–water partition coefficient (Wildman–Crippen LogP) is 4.02. The topological polar surface area (TPSA) is 67.9 Å². The van der Waals surface area contributed by atoms with Crippen LogP contribution in [0, 0.1) is 11.7 Å². The molecular formula is C27H27FN2O4. The van der Waals surface area contributed by atoms with E-state index in [1.54, 1.807) is 49.5 Å². The molecule has 1 aliphatic rings. The molecule has 0 aliphatic carbocycles. The minimum atomic E-state index is -0.492. The molecule has 0 saturated carbocycles. The van der Waals surface area contributed by atoms with Crippen molar-refractivity contribution in [3.05, 3.63) is 95.3 Å². The molecule has 0 bridgehead atoms. The molecule has 1 fully saturated rings. The van der Waals surface area contributed by atoms with E-state index in [1.807, 2.05) is 30.3 Å². The van der Waals surface area contributed by atoms with Crippen molar-refractivity contribution in [2.75, 3.05) is 27.3 Å². The predicted molar refractivity (Wildman–Crippen MR) is 126 cm³/mol. The summed E-state index contributed by atoms with van der Waals surface area (Å²) in [5.41, 5.74) is 2.18. The number of hydrogen-bond acceptors (Lipinski definition) is 4. The van der Waals surface area contributed by atoms with Gasteiger partial charge in [-0.3, -0.25) is 9.59 Å². The molecule has 2 atom stereocenters. The average molecular weight is 463 g/mol. The second-order valence-corrected chi connectivity index (χ2v) is 8.24. The number of nitrogens with one attached hydrogen (secondary N) is 1. The number of halogens is 1. The molecule has 3 aromatic carbocycles. The molecule has 0 spiro atoms. The zero-order valence-corrected chi connectivity index (χ0v) is 19.2. The van der Waals surface area contributed by atoms with Crippen LogP contribution in [-0.4, -0.2) is 44.0 Å². The monoisotopic (exact) mass is 462 g/mol. The lowest BCUT2D eigenvalue weighted by molar-refractivity contribution is -0.125. The highest BCUT2D eigenvalue weighted by molar-refractivity contribution is 5.95. The second-order valence-electron chi connectivity index (χ2n) is 8.24. The summed E-state index contributed by atoms with van der Waals surface area (Å²) >= 11 is 0. The summed E-state index contributed by atoms with van der Waals surface area (Å²) < 4.78 is 24.2. The van der Waals surface area contributed by atoms with E-state index < -0.39 is 5.92 Å². The normalized spacial score (nSPS) is 17.3. The van der Waals surface area contributed by atoms with Crippen LogP contribution in [0.4, 0.5) is 4.39 Å². The standard InChI is InChI=1S/C27H27FN2O4/c1-33-21-12-13-25(34-2)22(14-21)23-16-30(27(32)19-6-4-3-5-7-19)17-24(23)26(31)29-15-18-8-10-20(28)11-9-18/h3-14,23-24H,15-17H2,1-2H3,(H,29,31). The maximum absolute atomic E-state index is 13.3. The van der Waals surface area contributed by atoms with Crippen LogP contribution in [0.25, 0.3) is 0 Å². The second kappa shape index (κ2) is 10.4. The highest BCUT2D eigenvalue weighted by Gasteiger charge is 2.41. The Bertz CT molecular complexity index is 1150. The molecule has 1 aliphatic heterocycles. The Balaban J connectivity index is 1.61. The average Bonchev–Trinajstić information content (AvgIpc) is 3.33. The van der Waals surface area contributed by atoms with E-state index in [1.165, 1.54) is 12.1 Å². The van der Waals surface area contributed by atoms with Gasteiger partial charge in [0.05, 0.1) is 20.1 Å². The van der Waals surface area contributed by atoms with Gasteiger partial charge < -0.3 is 19.7 Å². The van der Waals surface area contributed by atoms with Crippen LogP contribution in [-0.2, 0) is 11.3 Å². The van der Waals surface area contributed by atoms with Gasteiger partial charge in [-0.1, -0.05) is 30.3 Å². The number of methoxy groups -OCH3 is 2. The molecule has 3 aromatic rings. The number of rotatable bonds is 7. The molecule has 176 valence electrons. The SMILES string of the molecule is COc1ccc(OC)c(C2CN(C(=O)c3ccccc3)CC2C(=O)NCc2ccc(F)cc2)c1. The van der Waals surface area contributed by atoms with Gasteiger partial charge in [-0.25, -0.2) is 4.39 Å². The number of carbonyl (C=O) groups excluding carboxylic acids is 2. The largest absolute Gasteiger partial charge is 0.497 e. The number of hydrogen-bond donors (Lipinski definition) is 1. The van der Waals surface area contributed by atoms with Crippen molar-refractivity contribution < 1.29 is 23.5 Å². The van der Waals surface area contributed by atoms with E-state index in [-0.39, 0.29) is 36.6 Å². The van der Waals surface area contributed by atoms with Gasteiger partial charge >= 0.3 is 0 Å². The fourth-order valence-corrected chi connectivity index (χ4v) is 4.37. The third kappa shape index (κ3) is 5.03. The molecule has 0 radical (unpaired) electrons. The summed E-state index contributed by atoms with van der Waals surface area (Å²) in [6, 6.07) is 20.5. The lowest BCUT2D eigenvalue weighted by Gasteiger charge is -2.21. The minimum absolute atomic E-state index is 0.124. The van der Waals surface area contributed by atoms with E-state index in [0.717, 1.165) is 11.1 Å². The summed E-state index contributed by atoms with van der Waals surface area (Å²) in [5.74, 6) is -0.125. The molecule has 1 heterocycles. The Kier molecular flexibility index (Phi) is 7.11. The van der Waals surface area contributed by atoms with E-state index in [2.05, 4.69) is 5.32 Å². The molecular weight excluding hydrogens is 435 g/mol. The molecule has 4 rings (SSSR count). The van der Waals surface area contributed by atoms with Crippen LogP contribution in [0.2, 0.25) is 0 Å². The van der Waals surface area contributed by atoms with E-state index >= 15 is 0 Å². The number of amides is 2. The van der Waals surface area contributed by atoms with Crippen LogP contribution in [0.5, 0.6) is 11.5 Å². The van der Waals surface area contributed by atoms with Crippen molar-refractivity contribution in [1.82, 2.24) is 10.2 Å². The molecule has 2 unspecified atom stereocenters. The zero-order valence-electron chi connectivity index (χ0n) is 19.2. The van der Waals surface area contributed by atoms with Crippen molar-refractivity contribution >= 4 is 11.8 Å². The maximum Gasteiger partial charge on any atom is 0.253 e. The number of ether oxygens (including phenoxy) is 2. The Morgan fingerprint density at radius 3 is 2.38 bits per heavy atom. The van der Waals surface area contributed by atoms with Gasteiger partial charge in [0.25, 0.3) is 5.91 Å². The zero-order chi connectivity index (χ0) is 24.1. The van der Waals surface area contributed by atoms with E-state index in [0.29, 0.717) is 23.6 Å². The van der Waals surface area contributed by atoms with Crippen LogP contribution in [0.15, 0.2) is 72.8 Å². The molecule has 1 N–H and O–H groups in total. The lowest BCUT2D eigenvalue weighted by Crippen LogP contribution is -2.35. The van der Waals surface area contributed by atoms with Crippen molar-refractivity contribution in [1.29, 1.82) is 0 Å². The third-order valence-corrected chi connectivity index (χ3v) is 6.18. The molecule has 1 saturated heterocycles. The summed E-state index contributed by atoms with van der Waals surface area (Å²) in [6.07, 6.45) is 0. The Hall–Kier alpha value is -3.87. The Morgan fingerprint density at radius 1 is 0.971 bits per heavy atom. The first-order chi connectivity index (χ1) is 16.5. The van der Waals surface area contributed by atoms with Gasteiger partial charge in [0, 0.05) is 36.7 Å². The molecule has 2 amide bonds. The number of nitrogens with zero attached hydrogens (tertiary/aromatic N) is 1.